The Hall–Kier alpha value is -2.30. The highest BCUT2D eigenvalue weighted by Crippen LogP contribution is 2.23. The van der Waals surface area contributed by atoms with Gasteiger partial charge in [0.1, 0.15) is 12.4 Å². The van der Waals surface area contributed by atoms with Gasteiger partial charge in [0.25, 0.3) is 5.91 Å². The molecule has 18 heavy (non-hydrogen) atoms. The summed E-state index contributed by atoms with van der Waals surface area (Å²) < 4.78 is 5.63. The van der Waals surface area contributed by atoms with Gasteiger partial charge in [-0.2, -0.15) is 5.10 Å². The van der Waals surface area contributed by atoms with Gasteiger partial charge < -0.3 is 9.64 Å². The van der Waals surface area contributed by atoms with Gasteiger partial charge in [0.15, 0.2) is 0 Å². The number of carbonyl (C=O) groups is 1. The number of fused-ring (bicyclic) bond motifs is 1. The molecule has 0 fully saturated rings. The Morgan fingerprint density at radius 1 is 1.39 bits per heavy atom. The van der Waals surface area contributed by atoms with Crippen molar-refractivity contribution in [3.63, 3.8) is 0 Å². The monoisotopic (exact) mass is 243 g/mol. The van der Waals surface area contributed by atoms with E-state index in [1.165, 1.54) is 0 Å². The zero-order valence-electron chi connectivity index (χ0n) is 9.80. The molecule has 0 aliphatic carbocycles. The number of amides is 1. The van der Waals surface area contributed by atoms with Crippen LogP contribution in [0, 0.1) is 0 Å². The Bertz CT molecular complexity index is 551. The quantitative estimate of drug-likeness (QED) is 0.824. The van der Waals surface area contributed by atoms with Crippen molar-refractivity contribution < 1.29 is 9.53 Å². The lowest BCUT2D eigenvalue weighted by Crippen LogP contribution is -2.32. The number of ether oxygens (including phenoxy) is 1. The van der Waals surface area contributed by atoms with Crippen molar-refractivity contribution in [1.29, 1.82) is 0 Å². The summed E-state index contributed by atoms with van der Waals surface area (Å²) in [6.45, 7) is 1.67. The van der Waals surface area contributed by atoms with Gasteiger partial charge in [0, 0.05) is 18.3 Å². The summed E-state index contributed by atoms with van der Waals surface area (Å²) in [4.78, 5) is 14.0. The fraction of sp³-hybridized carbons (Fsp3) is 0.231. The molecule has 1 aliphatic rings. The average molecular weight is 243 g/mol. The van der Waals surface area contributed by atoms with E-state index in [2.05, 4.69) is 10.2 Å². The van der Waals surface area contributed by atoms with Gasteiger partial charge in [0.2, 0.25) is 0 Å². The van der Waals surface area contributed by atoms with Crippen LogP contribution in [0.3, 0.4) is 0 Å². The van der Waals surface area contributed by atoms with E-state index >= 15 is 0 Å². The van der Waals surface area contributed by atoms with Crippen LogP contribution in [-0.2, 0) is 6.54 Å². The largest absolute Gasteiger partial charge is 0.491 e. The molecule has 1 aliphatic heterocycles. The van der Waals surface area contributed by atoms with Crippen molar-refractivity contribution in [2.45, 2.75) is 6.54 Å². The van der Waals surface area contributed by atoms with Gasteiger partial charge >= 0.3 is 0 Å². The number of carbonyl (C=O) groups excluding carboxylic acids is 1. The van der Waals surface area contributed by atoms with E-state index < -0.39 is 0 Å². The molecule has 1 aromatic heterocycles. The van der Waals surface area contributed by atoms with E-state index in [4.69, 9.17) is 4.74 Å². The van der Waals surface area contributed by atoms with Crippen molar-refractivity contribution in [1.82, 2.24) is 15.1 Å². The molecule has 92 valence electrons. The number of aromatic nitrogens is 2. The number of nitrogens with one attached hydrogen (secondary N) is 1. The minimum absolute atomic E-state index is 0.0240. The van der Waals surface area contributed by atoms with Crippen molar-refractivity contribution >= 4 is 5.91 Å². The van der Waals surface area contributed by atoms with Crippen LogP contribution < -0.4 is 4.74 Å². The number of benzene rings is 1. The highest BCUT2D eigenvalue weighted by molar-refractivity contribution is 5.93. The molecule has 5 heteroatoms. The lowest BCUT2D eigenvalue weighted by atomic mass is 10.2. The van der Waals surface area contributed by atoms with E-state index in [0.717, 1.165) is 11.3 Å². The first-order valence-corrected chi connectivity index (χ1v) is 5.83. The van der Waals surface area contributed by atoms with Crippen LogP contribution in [0.15, 0.2) is 36.7 Å². The van der Waals surface area contributed by atoms with Crippen LogP contribution in [0.25, 0.3) is 0 Å². The predicted molar refractivity (Wildman–Crippen MR) is 65.3 cm³/mol. The second-order valence-corrected chi connectivity index (χ2v) is 4.17. The second-order valence-electron chi connectivity index (χ2n) is 4.17. The summed E-state index contributed by atoms with van der Waals surface area (Å²) >= 11 is 0. The van der Waals surface area contributed by atoms with Crippen molar-refractivity contribution in [2.75, 3.05) is 13.2 Å². The SMILES string of the molecule is O=C(c1cn[nH]c1)N1CCOc2ccccc2C1. The number of nitrogens with zero attached hydrogens (tertiary/aromatic N) is 2. The number of hydrogen-bond donors (Lipinski definition) is 1. The van der Waals surface area contributed by atoms with E-state index in [1.807, 2.05) is 24.3 Å². The molecule has 0 bridgehead atoms. The smallest absolute Gasteiger partial charge is 0.257 e. The van der Waals surface area contributed by atoms with Crippen molar-refractivity contribution in [3.8, 4) is 5.75 Å². The molecule has 3 rings (SSSR count). The summed E-state index contributed by atoms with van der Waals surface area (Å²) in [5.74, 6) is 0.837. The molecule has 0 saturated heterocycles. The van der Waals surface area contributed by atoms with Gasteiger partial charge in [-0.05, 0) is 6.07 Å². The summed E-state index contributed by atoms with van der Waals surface area (Å²) in [5.41, 5.74) is 1.61. The maximum atomic E-state index is 12.2. The first kappa shape index (κ1) is 10.8. The molecule has 5 nitrogen and oxygen atoms in total. The van der Waals surface area contributed by atoms with E-state index in [1.54, 1.807) is 17.3 Å². The number of para-hydroxylation sites is 1. The fourth-order valence-electron chi connectivity index (χ4n) is 2.05. The molecule has 0 unspecified atom stereocenters. The van der Waals surface area contributed by atoms with E-state index in [0.29, 0.717) is 25.3 Å². The maximum absolute atomic E-state index is 12.2. The molecule has 0 spiro atoms. The number of aromatic amines is 1. The second kappa shape index (κ2) is 4.52. The highest BCUT2D eigenvalue weighted by Gasteiger charge is 2.21. The summed E-state index contributed by atoms with van der Waals surface area (Å²) in [6.07, 6.45) is 3.15. The standard InChI is InChI=1S/C13H13N3O2/c17-13(11-7-14-15-8-11)16-5-6-18-12-4-2-1-3-10(12)9-16/h1-4,7-8H,5-6,9H2,(H,14,15). The highest BCUT2D eigenvalue weighted by atomic mass is 16.5. The van der Waals surface area contributed by atoms with E-state index in [-0.39, 0.29) is 5.91 Å². The average Bonchev–Trinajstić information content (AvgIpc) is 2.84. The van der Waals surface area contributed by atoms with Crippen LogP contribution in [0.1, 0.15) is 15.9 Å². The van der Waals surface area contributed by atoms with Crippen LogP contribution in [0.2, 0.25) is 0 Å². The normalized spacial score (nSPS) is 14.6. The first-order valence-electron chi connectivity index (χ1n) is 5.83. The third-order valence-electron chi connectivity index (χ3n) is 2.98. The lowest BCUT2D eigenvalue weighted by Gasteiger charge is -2.18. The maximum Gasteiger partial charge on any atom is 0.257 e. The van der Waals surface area contributed by atoms with Crippen LogP contribution in [-0.4, -0.2) is 34.2 Å². The fourth-order valence-corrected chi connectivity index (χ4v) is 2.05. The Kier molecular flexibility index (Phi) is 2.72. The summed E-state index contributed by atoms with van der Waals surface area (Å²) in [5, 5.41) is 6.46. The van der Waals surface area contributed by atoms with Crippen LogP contribution >= 0.6 is 0 Å². The van der Waals surface area contributed by atoms with E-state index in [9.17, 15) is 4.79 Å². The number of hydrogen-bond acceptors (Lipinski definition) is 3. The topological polar surface area (TPSA) is 58.2 Å². The summed E-state index contributed by atoms with van der Waals surface area (Å²) in [6, 6.07) is 7.80. The third kappa shape index (κ3) is 1.95. The molecule has 1 aromatic carbocycles. The third-order valence-corrected chi connectivity index (χ3v) is 2.98. The van der Waals surface area contributed by atoms with Crippen molar-refractivity contribution in [2.24, 2.45) is 0 Å². The van der Waals surface area contributed by atoms with Crippen LogP contribution in [0.5, 0.6) is 5.75 Å². The van der Waals surface area contributed by atoms with Gasteiger partial charge in [-0.15, -0.1) is 0 Å². The molecule has 0 atom stereocenters. The van der Waals surface area contributed by atoms with Gasteiger partial charge in [0.05, 0.1) is 18.3 Å². The Balaban J connectivity index is 1.85. The Morgan fingerprint density at radius 3 is 3.11 bits per heavy atom. The Labute approximate surface area is 104 Å². The van der Waals surface area contributed by atoms with Crippen LogP contribution in [0.4, 0.5) is 0 Å². The zero-order valence-corrected chi connectivity index (χ0v) is 9.80. The first-order chi connectivity index (χ1) is 8.84. The van der Waals surface area contributed by atoms with Gasteiger partial charge in [-0.1, -0.05) is 18.2 Å². The molecule has 2 heterocycles. The lowest BCUT2D eigenvalue weighted by molar-refractivity contribution is 0.0733. The number of rotatable bonds is 1. The molecule has 2 aromatic rings. The molecule has 0 radical (unpaired) electrons. The van der Waals surface area contributed by atoms with Crippen molar-refractivity contribution in [3.05, 3.63) is 47.8 Å². The molecule has 0 saturated carbocycles. The predicted octanol–water partition coefficient (Wildman–Crippen LogP) is 1.44. The summed E-state index contributed by atoms with van der Waals surface area (Å²) in [7, 11) is 0. The Morgan fingerprint density at radius 2 is 2.28 bits per heavy atom. The minimum atomic E-state index is -0.0240. The molecule has 1 N–H and O–H groups in total. The molecular weight excluding hydrogens is 230 g/mol. The van der Waals surface area contributed by atoms with Gasteiger partial charge in [-0.3, -0.25) is 9.89 Å². The zero-order chi connectivity index (χ0) is 12.4. The van der Waals surface area contributed by atoms with Gasteiger partial charge in [-0.25, -0.2) is 0 Å². The molecular formula is C13H13N3O2. The molecule has 1 amide bonds. The number of H-pyrrole nitrogens is 1. The minimum Gasteiger partial charge on any atom is -0.491 e.